The average molecular weight is 301 g/mol. The van der Waals surface area contributed by atoms with E-state index in [9.17, 15) is 9.59 Å². The minimum atomic E-state index is -0.290. The smallest absolute Gasteiger partial charge is 0.315 e. The molecule has 116 valence electrons. The third-order valence-corrected chi connectivity index (χ3v) is 3.95. The maximum Gasteiger partial charge on any atom is 0.315 e. The van der Waals surface area contributed by atoms with Gasteiger partial charge in [0.1, 0.15) is 0 Å². The molecule has 0 saturated carbocycles. The largest absolute Gasteiger partial charge is 0.462 e. The van der Waals surface area contributed by atoms with Crippen molar-refractivity contribution in [2.75, 3.05) is 0 Å². The van der Waals surface area contributed by atoms with E-state index in [4.69, 9.17) is 9.15 Å². The zero-order valence-electron chi connectivity index (χ0n) is 13.0. The highest BCUT2D eigenvalue weighted by molar-refractivity contribution is 6.07. The van der Waals surface area contributed by atoms with Crippen LogP contribution in [0.2, 0.25) is 0 Å². The van der Waals surface area contributed by atoms with Gasteiger partial charge in [0.05, 0.1) is 24.0 Å². The Bertz CT molecular complexity index is 723. The van der Waals surface area contributed by atoms with E-state index in [2.05, 4.69) is 0 Å². The van der Waals surface area contributed by atoms with Crippen molar-refractivity contribution in [2.45, 2.75) is 45.8 Å². The van der Waals surface area contributed by atoms with E-state index in [0.717, 1.165) is 11.3 Å². The van der Waals surface area contributed by atoms with Gasteiger partial charge in [-0.2, -0.15) is 0 Å². The van der Waals surface area contributed by atoms with Gasteiger partial charge in [0.2, 0.25) is 5.78 Å². The van der Waals surface area contributed by atoms with Crippen LogP contribution in [-0.2, 0) is 16.1 Å². The number of hydrogen-bond donors (Lipinski definition) is 0. The van der Waals surface area contributed by atoms with E-state index >= 15 is 0 Å². The molecule has 2 aromatic rings. The van der Waals surface area contributed by atoms with Crippen molar-refractivity contribution in [3.05, 3.63) is 47.2 Å². The van der Waals surface area contributed by atoms with Crippen LogP contribution in [0.25, 0.3) is 0 Å². The summed E-state index contributed by atoms with van der Waals surface area (Å²) in [5, 5.41) is 0. The van der Waals surface area contributed by atoms with Crippen LogP contribution in [0.15, 0.2) is 28.9 Å². The predicted octanol–water partition coefficient (Wildman–Crippen LogP) is 3.06. The van der Waals surface area contributed by atoms with E-state index in [1.165, 1.54) is 6.26 Å². The second kappa shape index (κ2) is 5.48. The number of fused-ring (bicyclic) bond motifs is 1. The molecule has 0 amide bonds. The highest BCUT2D eigenvalue weighted by Gasteiger charge is 2.34. The van der Waals surface area contributed by atoms with Crippen LogP contribution in [0, 0.1) is 6.92 Å². The van der Waals surface area contributed by atoms with Crippen molar-refractivity contribution in [1.29, 1.82) is 0 Å². The van der Waals surface area contributed by atoms with Gasteiger partial charge in [0.15, 0.2) is 5.76 Å². The maximum absolute atomic E-state index is 12.6. The van der Waals surface area contributed by atoms with Crippen LogP contribution in [0.1, 0.15) is 53.7 Å². The molecule has 0 saturated heterocycles. The standard InChI is InChI=1S/C17H19NO4/c1-10(2)22-17(20)12-6-8-18-13(12)4-5-14(18)15(19)16-11(3)7-9-21-16/h4-5,7,9-10,12H,6,8H2,1-3H3. The molecule has 5 nitrogen and oxygen atoms in total. The first-order chi connectivity index (χ1) is 10.5. The van der Waals surface area contributed by atoms with Crippen molar-refractivity contribution in [3.8, 4) is 0 Å². The molecule has 0 N–H and O–H groups in total. The molecule has 0 bridgehead atoms. The van der Waals surface area contributed by atoms with Gasteiger partial charge < -0.3 is 13.7 Å². The van der Waals surface area contributed by atoms with Gasteiger partial charge in [0, 0.05) is 12.2 Å². The second-order valence-corrected chi connectivity index (χ2v) is 5.88. The molecule has 2 aromatic heterocycles. The van der Waals surface area contributed by atoms with Gasteiger partial charge in [-0.1, -0.05) is 0 Å². The molecule has 0 radical (unpaired) electrons. The summed E-state index contributed by atoms with van der Waals surface area (Å²) in [5.41, 5.74) is 2.22. The van der Waals surface area contributed by atoms with E-state index < -0.39 is 0 Å². The fourth-order valence-electron chi connectivity index (χ4n) is 2.92. The predicted molar refractivity (Wildman–Crippen MR) is 79.9 cm³/mol. The van der Waals surface area contributed by atoms with Crippen molar-refractivity contribution in [1.82, 2.24) is 4.57 Å². The van der Waals surface area contributed by atoms with Gasteiger partial charge >= 0.3 is 5.97 Å². The Morgan fingerprint density at radius 2 is 2.09 bits per heavy atom. The Morgan fingerprint density at radius 3 is 2.73 bits per heavy atom. The fraction of sp³-hybridized carbons (Fsp3) is 0.412. The lowest BCUT2D eigenvalue weighted by Gasteiger charge is -2.12. The summed E-state index contributed by atoms with van der Waals surface area (Å²) in [4.78, 5) is 24.7. The highest BCUT2D eigenvalue weighted by atomic mass is 16.5. The molecule has 3 heterocycles. The number of carbonyl (C=O) groups excluding carboxylic acids is 2. The summed E-state index contributed by atoms with van der Waals surface area (Å²) in [6.07, 6.45) is 2.04. The first-order valence-electron chi connectivity index (χ1n) is 7.47. The van der Waals surface area contributed by atoms with Crippen LogP contribution in [0.5, 0.6) is 0 Å². The molecule has 0 aromatic carbocycles. The Labute approximate surface area is 128 Å². The maximum atomic E-state index is 12.6. The number of aryl methyl sites for hydroxylation is 1. The van der Waals surface area contributed by atoms with Gasteiger partial charge in [-0.3, -0.25) is 9.59 Å². The topological polar surface area (TPSA) is 61.4 Å². The van der Waals surface area contributed by atoms with Gasteiger partial charge in [-0.15, -0.1) is 0 Å². The van der Waals surface area contributed by atoms with E-state index in [-0.39, 0.29) is 23.8 Å². The molecule has 22 heavy (non-hydrogen) atoms. The highest BCUT2D eigenvalue weighted by Crippen LogP contribution is 2.32. The van der Waals surface area contributed by atoms with Crippen molar-refractivity contribution < 1.29 is 18.7 Å². The van der Waals surface area contributed by atoms with E-state index in [1.807, 2.05) is 31.4 Å². The Balaban J connectivity index is 1.89. The Morgan fingerprint density at radius 1 is 1.32 bits per heavy atom. The minimum absolute atomic E-state index is 0.136. The number of carbonyl (C=O) groups is 2. The summed E-state index contributed by atoms with van der Waals surface area (Å²) >= 11 is 0. The molecular weight excluding hydrogens is 282 g/mol. The lowest BCUT2D eigenvalue weighted by Crippen LogP contribution is -2.18. The van der Waals surface area contributed by atoms with Crippen molar-refractivity contribution in [2.24, 2.45) is 0 Å². The molecule has 5 heteroatoms. The third kappa shape index (κ3) is 2.36. The van der Waals surface area contributed by atoms with E-state index in [1.54, 1.807) is 12.1 Å². The number of rotatable bonds is 4. The number of ether oxygens (including phenoxy) is 1. The van der Waals surface area contributed by atoms with Crippen LogP contribution in [-0.4, -0.2) is 22.4 Å². The summed E-state index contributed by atoms with van der Waals surface area (Å²) < 4.78 is 12.5. The number of nitrogens with zero attached hydrogens (tertiary/aromatic N) is 1. The van der Waals surface area contributed by atoms with Crippen molar-refractivity contribution in [3.63, 3.8) is 0 Å². The zero-order valence-corrected chi connectivity index (χ0v) is 13.0. The van der Waals surface area contributed by atoms with E-state index in [0.29, 0.717) is 24.4 Å². The number of furan rings is 1. The third-order valence-electron chi connectivity index (χ3n) is 3.95. The Hall–Kier alpha value is -2.30. The molecule has 1 atom stereocenters. The molecular formula is C17H19NO4. The van der Waals surface area contributed by atoms with Gasteiger partial charge in [-0.25, -0.2) is 0 Å². The number of aromatic nitrogens is 1. The summed E-state index contributed by atoms with van der Waals surface area (Å²) in [6, 6.07) is 5.36. The number of ketones is 1. The molecule has 1 aliphatic rings. The molecule has 1 unspecified atom stereocenters. The SMILES string of the molecule is Cc1ccoc1C(=O)c1ccc2n1CCC2C(=O)OC(C)C. The molecule has 1 aliphatic heterocycles. The Kier molecular flexibility index (Phi) is 3.64. The molecule has 0 aliphatic carbocycles. The lowest BCUT2D eigenvalue weighted by molar-refractivity contribution is -0.149. The first-order valence-corrected chi connectivity index (χ1v) is 7.47. The van der Waals surface area contributed by atoms with Crippen LogP contribution in [0.4, 0.5) is 0 Å². The monoisotopic (exact) mass is 301 g/mol. The number of hydrogen-bond acceptors (Lipinski definition) is 4. The molecule has 0 spiro atoms. The molecule has 0 fully saturated rings. The summed E-state index contributed by atoms with van der Waals surface area (Å²) in [5.74, 6) is -0.303. The van der Waals surface area contributed by atoms with Crippen LogP contribution >= 0.6 is 0 Å². The van der Waals surface area contributed by atoms with Gasteiger partial charge in [-0.05, 0) is 51.0 Å². The lowest BCUT2D eigenvalue weighted by atomic mass is 10.1. The fourth-order valence-corrected chi connectivity index (χ4v) is 2.92. The quantitative estimate of drug-likeness (QED) is 0.643. The van der Waals surface area contributed by atoms with Gasteiger partial charge in [0.25, 0.3) is 0 Å². The number of esters is 1. The molecule has 3 rings (SSSR count). The normalized spacial score (nSPS) is 16.8. The average Bonchev–Trinajstić information content (AvgIpc) is 3.11. The first kappa shape index (κ1) is 14.6. The summed E-state index contributed by atoms with van der Waals surface area (Å²) in [6.45, 7) is 6.15. The zero-order chi connectivity index (χ0) is 15.9. The minimum Gasteiger partial charge on any atom is -0.462 e. The second-order valence-electron chi connectivity index (χ2n) is 5.88. The van der Waals surface area contributed by atoms with Crippen LogP contribution < -0.4 is 0 Å². The van der Waals surface area contributed by atoms with Crippen molar-refractivity contribution >= 4 is 11.8 Å². The van der Waals surface area contributed by atoms with Crippen LogP contribution in [0.3, 0.4) is 0 Å². The summed E-state index contributed by atoms with van der Waals surface area (Å²) in [7, 11) is 0.